The second kappa shape index (κ2) is 5.65. The summed E-state index contributed by atoms with van der Waals surface area (Å²) in [5.41, 5.74) is 1.20. The SMILES string of the molecule is CCn1nccc1CNC(=O)c1cn([C@@H]2CC[C@H]2O)nn1. The molecule has 112 valence electrons. The van der Waals surface area contributed by atoms with Crippen molar-refractivity contribution in [3.8, 4) is 0 Å². The van der Waals surface area contributed by atoms with E-state index in [9.17, 15) is 9.90 Å². The molecule has 8 heteroatoms. The fraction of sp³-hybridized carbons (Fsp3) is 0.538. The molecule has 0 aromatic carbocycles. The monoisotopic (exact) mass is 290 g/mol. The van der Waals surface area contributed by atoms with Gasteiger partial charge >= 0.3 is 0 Å². The number of carbonyl (C=O) groups excluding carboxylic acids is 1. The van der Waals surface area contributed by atoms with Gasteiger partial charge in [-0.2, -0.15) is 5.10 Å². The molecule has 2 aromatic rings. The van der Waals surface area contributed by atoms with Crippen molar-refractivity contribution in [2.75, 3.05) is 0 Å². The van der Waals surface area contributed by atoms with Crippen molar-refractivity contribution in [3.05, 3.63) is 29.8 Å². The molecule has 3 rings (SSSR count). The minimum atomic E-state index is -0.387. The van der Waals surface area contributed by atoms with Crippen molar-refractivity contribution < 1.29 is 9.90 Å². The molecule has 0 unspecified atom stereocenters. The number of amides is 1. The van der Waals surface area contributed by atoms with Gasteiger partial charge in [0.25, 0.3) is 5.91 Å². The van der Waals surface area contributed by atoms with Crippen LogP contribution in [0.15, 0.2) is 18.5 Å². The lowest BCUT2D eigenvalue weighted by Gasteiger charge is -2.31. The predicted molar refractivity (Wildman–Crippen MR) is 73.4 cm³/mol. The number of nitrogens with one attached hydrogen (secondary N) is 1. The van der Waals surface area contributed by atoms with E-state index in [1.54, 1.807) is 17.1 Å². The predicted octanol–water partition coefficient (Wildman–Crippen LogP) is 0.120. The topological polar surface area (TPSA) is 97.9 Å². The fourth-order valence-electron chi connectivity index (χ4n) is 2.37. The van der Waals surface area contributed by atoms with Crippen LogP contribution in [0.3, 0.4) is 0 Å². The molecule has 1 amide bonds. The maximum absolute atomic E-state index is 12.0. The molecular weight excluding hydrogens is 272 g/mol. The third-order valence-electron chi connectivity index (χ3n) is 3.82. The van der Waals surface area contributed by atoms with Crippen LogP contribution in [0, 0.1) is 0 Å². The number of hydrogen-bond acceptors (Lipinski definition) is 5. The molecular formula is C13H18N6O2. The van der Waals surface area contributed by atoms with Gasteiger partial charge in [0.2, 0.25) is 0 Å². The summed E-state index contributed by atoms with van der Waals surface area (Å²) < 4.78 is 3.39. The van der Waals surface area contributed by atoms with Crippen LogP contribution in [0.2, 0.25) is 0 Å². The summed E-state index contributed by atoms with van der Waals surface area (Å²) in [5.74, 6) is -0.279. The summed E-state index contributed by atoms with van der Waals surface area (Å²) in [6.45, 7) is 3.15. The lowest BCUT2D eigenvalue weighted by molar-refractivity contribution is 0.0244. The van der Waals surface area contributed by atoms with Gasteiger partial charge in [-0.15, -0.1) is 5.10 Å². The van der Waals surface area contributed by atoms with Crippen LogP contribution in [0.25, 0.3) is 0 Å². The van der Waals surface area contributed by atoms with Gasteiger partial charge in [0.1, 0.15) is 0 Å². The molecule has 0 radical (unpaired) electrons. The van der Waals surface area contributed by atoms with Crippen LogP contribution < -0.4 is 5.32 Å². The molecule has 2 aromatic heterocycles. The zero-order valence-electron chi connectivity index (χ0n) is 11.8. The number of rotatable bonds is 5. The highest BCUT2D eigenvalue weighted by Crippen LogP contribution is 2.31. The van der Waals surface area contributed by atoms with Crippen molar-refractivity contribution in [1.82, 2.24) is 30.1 Å². The number of aromatic nitrogens is 5. The van der Waals surface area contributed by atoms with Crippen molar-refractivity contribution in [2.24, 2.45) is 0 Å². The first-order chi connectivity index (χ1) is 10.2. The number of aliphatic hydroxyl groups excluding tert-OH is 1. The summed E-state index contributed by atoms with van der Waals surface area (Å²) >= 11 is 0. The molecule has 0 spiro atoms. The van der Waals surface area contributed by atoms with Crippen molar-refractivity contribution in [3.63, 3.8) is 0 Å². The zero-order chi connectivity index (χ0) is 14.8. The molecule has 1 fully saturated rings. The molecule has 0 bridgehead atoms. The van der Waals surface area contributed by atoms with Crippen LogP contribution in [0.4, 0.5) is 0 Å². The van der Waals surface area contributed by atoms with Gasteiger partial charge in [0.15, 0.2) is 5.69 Å². The zero-order valence-corrected chi connectivity index (χ0v) is 11.8. The molecule has 0 aliphatic heterocycles. The highest BCUT2D eigenvalue weighted by atomic mass is 16.3. The summed E-state index contributed by atoms with van der Waals surface area (Å²) in [4.78, 5) is 12.0. The second-order valence-electron chi connectivity index (χ2n) is 5.12. The average molecular weight is 290 g/mol. The van der Waals surface area contributed by atoms with Gasteiger partial charge in [0.05, 0.1) is 30.6 Å². The van der Waals surface area contributed by atoms with E-state index in [2.05, 4.69) is 20.7 Å². The molecule has 1 aliphatic rings. The van der Waals surface area contributed by atoms with Gasteiger partial charge in [-0.05, 0) is 25.8 Å². The van der Waals surface area contributed by atoms with E-state index in [0.717, 1.165) is 25.1 Å². The van der Waals surface area contributed by atoms with E-state index >= 15 is 0 Å². The Bertz CT molecular complexity index is 634. The number of aliphatic hydroxyl groups is 1. The lowest BCUT2D eigenvalue weighted by atomic mass is 9.89. The second-order valence-corrected chi connectivity index (χ2v) is 5.12. The maximum atomic E-state index is 12.0. The summed E-state index contributed by atoms with van der Waals surface area (Å²) in [5, 5.41) is 24.3. The van der Waals surface area contributed by atoms with E-state index in [0.29, 0.717) is 6.54 Å². The molecule has 21 heavy (non-hydrogen) atoms. The summed E-state index contributed by atoms with van der Waals surface area (Å²) in [6.07, 6.45) is 4.54. The summed E-state index contributed by atoms with van der Waals surface area (Å²) in [7, 11) is 0. The largest absolute Gasteiger partial charge is 0.391 e. The number of nitrogens with zero attached hydrogens (tertiary/aromatic N) is 5. The van der Waals surface area contributed by atoms with Gasteiger partial charge in [-0.25, -0.2) is 4.68 Å². The third-order valence-corrected chi connectivity index (χ3v) is 3.82. The Balaban J connectivity index is 1.60. The number of aryl methyl sites for hydroxylation is 1. The van der Waals surface area contributed by atoms with E-state index < -0.39 is 0 Å². The fourth-order valence-corrected chi connectivity index (χ4v) is 2.37. The van der Waals surface area contributed by atoms with E-state index in [1.807, 2.05) is 17.7 Å². The smallest absolute Gasteiger partial charge is 0.273 e. The number of hydrogen-bond donors (Lipinski definition) is 2. The Kier molecular flexibility index (Phi) is 3.70. The molecule has 2 atom stereocenters. The van der Waals surface area contributed by atoms with Gasteiger partial charge in [0, 0.05) is 12.7 Å². The first-order valence-electron chi connectivity index (χ1n) is 7.08. The van der Waals surface area contributed by atoms with Crippen molar-refractivity contribution in [1.29, 1.82) is 0 Å². The molecule has 0 saturated heterocycles. The van der Waals surface area contributed by atoms with Gasteiger partial charge < -0.3 is 10.4 Å². The Labute approximate surface area is 121 Å². The van der Waals surface area contributed by atoms with Crippen LogP contribution in [-0.4, -0.2) is 41.9 Å². The number of carbonyl (C=O) groups is 1. The van der Waals surface area contributed by atoms with Crippen LogP contribution in [0.1, 0.15) is 42.0 Å². The van der Waals surface area contributed by atoms with E-state index in [1.165, 1.54) is 0 Å². The Morgan fingerprint density at radius 2 is 2.38 bits per heavy atom. The summed E-state index contributed by atoms with van der Waals surface area (Å²) in [6, 6.07) is 1.81. The molecule has 2 heterocycles. The van der Waals surface area contributed by atoms with Crippen LogP contribution in [-0.2, 0) is 13.1 Å². The lowest BCUT2D eigenvalue weighted by Crippen LogP contribution is -2.34. The van der Waals surface area contributed by atoms with Gasteiger partial charge in [-0.1, -0.05) is 5.21 Å². The highest BCUT2D eigenvalue weighted by molar-refractivity contribution is 5.91. The third kappa shape index (κ3) is 2.66. The Hall–Kier alpha value is -2.22. The Morgan fingerprint density at radius 3 is 3.05 bits per heavy atom. The van der Waals surface area contributed by atoms with Crippen LogP contribution >= 0.6 is 0 Å². The standard InChI is InChI=1S/C13H18N6O2/c1-2-18-9(5-6-15-18)7-14-13(21)10-8-19(17-16-10)11-3-4-12(11)20/h5-6,8,11-12,20H,2-4,7H2,1H3,(H,14,21)/t11-,12-/m1/s1. The highest BCUT2D eigenvalue weighted by Gasteiger charge is 2.31. The first-order valence-corrected chi connectivity index (χ1v) is 7.08. The molecule has 8 nitrogen and oxygen atoms in total. The minimum absolute atomic E-state index is 0.0550. The maximum Gasteiger partial charge on any atom is 0.273 e. The molecule has 1 aliphatic carbocycles. The quantitative estimate of drug-likeness (QED) is 0.815. The van der Waals surface area contributed by atoms with Crippen molar-refractivity contribution in [2.45, 2.75) is 45.0 Å². The van der Waals surface area contributed by atoms with E-state index in [-0.39, 0.29) is 23.7 Å². The van der Waals surface area contributed by atoms with Gasteiger partial charge in [-0.3, -0.25) is 9.48 Å². The van der Waals surface area contributed by atoms with Crippen molar-refractivity contribution >= 4 is 5.91 Å². The average Bonchev–Trinajstić information content (AvgIpc) is 3.11. The Morgan fingerprint density at radius 1 is 1.52 bits per heavy atom. The molecule has 1 saturated carbocycles. The van der Waals surface area contributed by atoms with Crippen LogP contribution in [0.5, 0.6) is 0 Å². The normalized spacial score (nSPS) is 21.0. The minimum Gasteiger partial charge on any atom is -0.391 e. The molecule has 2 N–H and O–H groups in total. The first kappa shape index (κ1) is 13.7. The van der Waals surface area contributed by atoms with E-state index in [4.69, 9.17) is 0 Å².